The van der Waals surface area contributed by atoms with E-state index in [2.05, 4.69) is 74.5 Å². The number of ether oxygens (including phenoxy) is 2. The number of carbonyl (C=O) groups excluding carboxylic acids is 1. The van der Waals surface area contributed by atoms with Gasteiger partial charge in [0.2, 0.25) is 0 Å². The molecule has 0 saturated carbocycles. The monoisotopic (exact) mass is 520 g/mol. The third-order valence-electron chi connectivity index (χ3n) is 7.10. The van der Waals surface area contributed by atoms with Crippen molar-refractivity contribution in [3.8, 4) is 22.6 Å². The second-order valence-corrected chi connectivity index (χ2v) is 15.9. The summed E-state index contributed by atoms with van der Waals surface area (Å²) in [5.41, 5.74) is 6.78. The highest BCUT2D eigenvalue weighted by atomic mass is 28.4. The highest BCUT2D eigenvalue weighted by molar-refractivity contribution is 6.74. The summed E-state index contributed by atoms with van der Waals surface area (Å²) < 4.78 is 17.4. The average molecular weight is 521 g/mol. The molecule has 0 spiro atoms. The minimum Gasteiger partial charge on any atom is -0.496 e. The van der Waals surface area contributed by atoms with Crippen molar-refractivity contribution < 1.29 is 18.7 Å². The van der Waals surface area contributed by atoms with Crippen LogP contribution in [0.25, 0.3) is 11.1 Å². The van der Waals surface area contributed by atoms with Crippen LogP contribution in [0.15, 0.2) is 48.7 Å². The van der Waals surface area contributed by atoms with Gasteiger partial charge in [0, 0.05) is 17.3 Å². The molecule has 1 amide bonds. The Hall–Kier alpha value is -3.16. The van der Waals surface area contributed by atoms with E-state index in [0.29, 0.717) is 12.4 Å². The van der Waals surface area contributed by atoms with Crippen LogP contribution >= 0.6 is 0 Å². The lowest BCUT2D eigenvalue weighted by Gasteiger charge is -2.36. The Morgan fingerprint density at radius 1 is 1.00 bits per heavy atom. The SMILES string of the molecule is COc1c(C)cnc(CNC(=O)Oc2cc(C)cc(-c3ccc(CO[Si](C)(C)C(C)(C)C)cc3)c2)c1C. The molecule has 0 aliphatic heterocycles. The van der Waals surface area contributed by atoms with Gasteiger partial charge in [0.15, 0.2) is 8.32 Å². The molecular formula is C30H40N2O4Si. The van der Waals surface area contributed by atoms with Gasteiger partial charge in [-0.2, -0.15) is 0 Å². The molecule has 1 aromatic heterocycles. The standard InChI is InChI=1S/C30H40N2O4Si/c1-20-14-25(24-12-10-23(11-13-24)19-35-37(8,9)30(4,5)6)16-26(15-20)36-29(33)32-18-27-22(3)28(34-7)21(2)17-31-27/h10-17H,18-19H2,1-9H3,(H,32,33). The molecule has 3 aromatic rings. The van der Waals surface area contributed by atoms with Crippen LogP contribution in [0, 0.1) is 20.8 Å². The summed E-state index contributed by atoms with van der Waals surface area (Å²) in [5.74, 6) is 1.27. The van der Waals surface area contributed by atoms with Crippen molar-refractivity contribution >= 4 is 14.4 Å². The summed E-state index contributed by atoms with van der Waals surface area (Å²) in [5, 5.41) is 2.97. The number of nitrogens with one attached hydrogen (secondary N) is 1. The van der Waals surface area contributed by atoms with Crippen molar-refractivity contribution in [2.45, 2.75) is 72.8 Å². The molecule has 0 aliphatic rings. The molecular weight excluding hydrogens is 480 g/mol. The van der Waals surface area contributed by atoms with Crippen molar-refractivity contribution in [1.29, 1.82) is 0 Å². The van der Waals surface area contributed by atoms with Gasteiger partial charge in [-0.25, -0.2) is 4.79 Å². The number of hydrogen-bond acceptors (Lipinski definition) is 5. The van der Waals surface area contributed by atoms with Crippen LogP contribution in [0.1, 0.15) is 48.7 Å². The van der Waals surface area contributed by atoms with Gasteiger partial charge in [-0.15, -0.1) is 0 Å². The predicted molar refractivity (Wildman–Crippen MR) is 152 cm³/mol. The number of aromatic nitrogens is 1. The average Bonchev–Trinajstić information content (AvgIpc) is 2.82. The molecule has 0 aliphatic carbocycles. The van der Waals surface area contributed by atoms with Gasteiger partial charge in [0.25, 0.3) is 0 Å². The smallest absolute Gasteiger partial charge is 0.412 e. The highest BCUT2D eigenvalue weighted by Crippen LogP contribution is 2.37. The van der Waals surface area contributed by atoms with Crippen LogP contribution < -0.4 is 14.8 Å². The zero-order chi connectivity index (χ0) is 27.4. The minimum atomic E-state index is -1.80. The summed E-state index contributed by atoms with van der Waals surface area (Å²) >= 11 is 0. The van der Waals surface area contributed by atoms with E-state index in [-0.39, 0.29) is 11.6 Å². The van der Waals surface area contributed by atoms with Gasteiger partial charge < -0.3 is 19.2 Å². The largest absolute Gasteiger partial charge is 0.496 e. The van der Waals surface area contributed by atoms with E-state index in [1.165, 1.54) is 0 Å². The molecule has 0 atom stereocenters. The van der Waals surface area contributed by atoms with E-state index >= 15 is 0 Å². The molecule has 1 N–H and O–H groups in total. The number of rotatable bonds is 8. The molecule has 37 heavy (non-hydrogen) atoms. The third-order valence-corrected chi connectivity index (χ3v) is 11.6. The Labute approximate surface area is 222 Å². The Balaban J connectivity index is 1.66. The molecule has 0 fully saturated rings. The Morgan fingerprint density at radius 3 is 2.30 bits per heavy atom. The lowest BCUT2D eigenvalue weighted by molar-refractivity contribution is 0.200. The first-order valence-electron chi connectivity index (χ1n) is 12.6. The van der Waals surface area contributed by atoms with Crippen LogP contribution in [-0.2, 0) is 17.6 Å². The fraction of sp³-hybridized carbons (Fsp3) is 0.400. The van der Waals surface area contributed by atoms with Crippen LogP contribution in [0.5, 0.6) is 11.5 Å². The van der Waals surface area contributed by atoms with Crippen LogP contribution in [-0.4, -0.2) is 26.5 Å². The molecule has 198 valence electrons. The molecule has 3 rings (SSSR count). The molecule has 0 bridgehead atoms. The Kier molecular flexibility index (Phi) is 8.82. The van der Waals surface area contributed by atoms with E-state index in [9.17, 15) is 4.79 Å². The number of pyridine rings is 1. The molecule has 0 radical (unpaired) electrons. The fourth-order valence-corrected chi connectivity index (χ4v) is 4.76. The van der Waals surface area contributed by atoms with Gasteiger partial charge in [0.1, 0.15) is 11.5 Å². The fourth-order valence-electron chi connectivity index (χ4n) is 3.80. The topological polar surface area (TPSA) is 69.7 Å². The quantitative estimate of drug-likeness (QED) is 0.312. The maximum atomic E-state index is 12.5. The zero-order valence-electron chi connectivity index (χ0n) is 23.6. The number of hydrogen-bond donors (Lipinski definition) is 1. The first-order chi connectivity index (χ1) is 17.3. The zero-order valence-corrected chi connectivity index (χ0v) is 24.6. The normalized spacial score (nSPS) is 11.8. The maximum Gasteiger partial charge on any atom is 0.412 e. The van der Waals surface area contributed by atoms with Crippen LogP contribution in [0.4, 0.5) is 4.79 Å². The number of amides is 1. The maximum absolute atomic E-state index is 12.5. The molecule has 7 heteroatoms. The lowest BCUT2D eigenvalue weighted by atomic mass is 10.0. The Bertz CT molecular complexity index is 1250. The van der Waals surface area contributed by atoms with Gasteiger partial charge in [-0.1, -0.05) is 51.1 Å². The van der Waals surface area contributed by atoms with Crippen molar-refractivity contribution in [2.75, 3.05) is 7.11 Å². The molecule has 2 aromatic carbocycles. The van der Waals surface area contributed by atoms with Crippen molar-refractivity contribution in [2.24, 2.45) is 0 Å². The summed E-state index contributed by atoms with van der Waals surface area (Å²) in [6, 6.07) is 14.2. The van der Waals surface area contributed by atoms with E-state index in [1.807, 2.05) is 32.9 Å². The molecule has 0 saturated heterocycles. The van der Waals surface area contributed by atoms with Crippen molar-refractivity contribution in [1.82, 2.24) is 10.3 Å². The van der Waals surface area contributed by atoms with Crippen LogP contribution in [0.2, 0.25) is 18.1 Å². The van der Waals surface area contributed by atoms with E-state index in [4.69, 9.17) is 13.9 Å². The van der Waals surface area contributed by atoms with Gasteiger partial charge in [-0.05, 0) is 73.3 Å². The first-order valence-corrected chi connectivity index (χ1v) is 15.5. The van der Waals surface area contributed by atoms with Crippen molar-refractivity contribution in [3.05, 3.63) is 76.6 Å². The molecule has 0 unspecified atom stereocenters. The second-order valence-electron chi connectivity index (χ2n) is 11.1. The third kappa shape index (κ3) is 7.20. The Morgan fingerprint density at radius 2 is 1.68 bits per heavy atom. The van der Waals surface area contributed by atoms with E-state index in [0.717, 1.165) is 44.8 Å². The van der Waals surface area contributed by atoms with E-state index < -0.39 is 14.4 Å². The van der Waals surface area contributed by atoms with Gasteiger partial charge in [-0.3, -0.25) is 4.98 Å². The van der Waals surface area contributed by atoms with Crippen molar-refractivity contribution in [3.63, 3.8) is 0 Å². The van der Waals surface area contributed by atoms with Crippen LogP contribution in [0.3, 0.4) is 0 Å². The lowest BCUT2D eigenvalue weighted by Crippen LogP contribution is -2.40. The summed E-state index contributed by atoms with van der Waals surface area (Å²) in [4.78, 5) is 17.0. The second kappa shape index (κ2) is 11.5. The van der Waals surface area contributed by atoms with E-state index in [1.54, 1.807) is 13.3 Å². The molecule has 1 heterocycles. The van der Waals surface area contributed by atoms with Gasteiger partial charge in [0.05, 0.1) is 26.0 Å². The minimum absolute atomic E-state index is 0.180. The number of nitrogens with zero attached hydrogens (tertiary/aromatic N) is 1. The van der Waals surface area contributed by atoms with Gasteiger partial charge >= 0.3 is 6.09 Å². The number of carbonyl (C=O) groups is 1. The summed E-state index contributed by atoms with van der Waals surface area (Å²) in [6.07, 6.45) is 1.21. The first kappa shape index (κ1) is 28.4. The number of aryl methyl sites for hydroxylation is 2. The summed E-state index contributed by atoms with van der Waals surface area (Å²) in [6.45, 7) is 18.0. The number of benzene rings is 2. The highest BCUT2D eigenvalue weighted by Gasteiger charge is 2.37. The summed E-state index contributed by atoms with van der Waals surface area (Å²) in [7, 11) is -0.168. The predicted octanol–water partition coefficient (Wildman–Crippen LogP) is 7.49. The number of methoxy groups -OCH3 is 1. The molecule has 6 nitrogen and oxygen atoms in total.